The number of para-hydroxylation sites is 1. The number of aryl methyl sites for hydroxylation is 2. The lowest BCUT2D eigenvalue weighted by Crippen LogP contribution is -2.23. The Morgan fingerprint density at radius 2 is 2.05 bits per heavy atom. The normalized spacial score (nSPS) is 19.3. The van der Waals surface area contributed by atoms with E-state index >= 15 is 0 Å². The van der Waals surface area contributed by atoms with E-state index in [1.54, 1.807) is 0 Å². The van der Waals surface area contributed by atoms with E-state index in [2.05, 4.69) is 46.4 Å². The summed E-state index contributed by atoms with van der Waals surface area (Å²) in [6, 6.07) is 6.20. The average molecular weight is 287 g/mol. The van der Waals surface area contributed by atoms with Gasteiger partial charge in [-0.1, -0.05) is 18.2 Å². The highest BCUT2D eigenvalue weighted by Gasteiger charge is 2.24. The molecule has 21 heavy (non-hydrogen) atoms. The third kappa shape index (κ3) is 2.82. The van der Waals surface area contributed by atoms with Crippen molar-refractivity contribution >= 4 is 0 Å². The summed E-state index contributed by atoms with van der Waals surface area (Å²) in [7, 11) is 0. The molecule has 1 unspecified atom stereocenters. The van der Waals surface area contributed by atoms with Crippen LogP contribution in [0.3, 0.4) is 0 Å². The molecule has 0 amide bonds. The highest BCUT2D eigenvalue weighted by atomic mass is 16.3. The van der Waals surface area contributed by atoms with Crippen molar-refractivity contribution in [1.29, 1.82) is 0 Å². The second-order valence-electron chi connectivity index (χ2n) is 5.82. The van der Waals surface area contributed by atoms with Crippen LogP contribution in [0.15, 0.2) is 18.2 Å². The summed E-state index contributed by atoms with van der Waals surface area (Å²) < 4.78 is 1.84. The third-order valence-electron chi connectivity index (χ3n) is 4.18. The van der Waals surface area contributed by atoms with Crippen LogP contribution in [-0.4, -0.2) is 49.9 Å². The second-order valence-corrected chi connectivity index (χ2v) is 5.82. The Bertz CT molecular complexity index is 604. The lowest BCUT2D eigenvalue weighted by Gasteiger charge is -2.16. The molecule has 2 heterocycles. The van der Waals surface area contributed by atoms with E-state index in [9.17, 15) is 5.11 Å². The smallest absolute Gasteiger partial charge is 0.170 e. The minimum Gasteiger partial charge on any atom is -0.396 e. The van der Waals surface area contributed by atoms with Crippen LogP contribution in [0.1, 0.15) is 23.4 Å². The van der Waals surface area contributed by atoms with Crippen LogP contribution in [0, 0.1) is 19.8 Å². The molecule has 6 nitrogen and oxygen atoms in total. The predicted octanol–water partition coefficient (Wildman–Crippen LogP) is 1.09. The first-order valence-electron chi connectivity index (χ1n) is 7.36. The lowest BCUT2D eigenvalue weighted by molar-refractivity contribution is 0.218. The van der Waals surface area contributed by atoms with Crippen molar-refractivity contribution in [2.75, 3.05) is 19.7 Å². The molecule has 1 aromatic carbocycles. The predicted molar refractivity (Wildman–Crippen MR) is 79.1 cm³/mol. The minimum atomic E-state index is 0.262. The van der Waals surface area contributed by atoms with Crippen molar-refractivity contribution in [2.24, 2.45) is 5.92 Å². The Balaban J connectivity index is 1.85. The van der Waals surface area contributed by atoms with Crippen molar-refractivity contribution in [3.8, 4) is 5.69 Å². The molecule has 2 aromatic rings. The van der Waals surface area contributed by atoms with Gasteiger partial charge >= 0.3 is 0 Å². The van der Waals surface area contributed by atoms with Gasteiger partial charge in [-0.15, -0.1) is 5.10 Å². The summed E-state index contributed by atoms with van der Waals surface area (Å²) in [4.78, 5) is 2.30. The van der Waals surface area contributed by atoms with Gasteiger partial charge in [0.25, 0.3) is 0 Å². The minimum absolute atomic E-state index is 0.262. The quantitative estimate of drug-likeness (QED) is 0.912. The highest BCUT2D eigenvalue weighted by Crippen LogP contribution is 2.21. The van der Waals surface area contributed by atoms with E-state index < -0.39 is 0 Å². The summed E-state index contributed by atoms with van der Waals surface area (Å²) in [6.07, 6.45) is 1.04. The van der Waals surface area contributed by atoms with Crippen LogP contribution < -0.4 is 0 Å². The Morgan fingerprint density at radius 1 is 1.29 bits per heavy atom. The zero-order valence-corrected chi connectivity index (χ0v) is 12.5. The van der Waals surface area contributed by atoms with E-state index in [0.29, 0.717) is 5.92 Å². The number of tetrazole rings is 1. The van der Waals surface area contributed by atoms with Gasteiger partial charge in [-0.3, -0.25) is 4.90 Å². The van der Waals surface area contributed by atoms with Crippen LogP contribution in [0.25, 0.3) is 5.69 Å². The number of hydrogen-bond donors (Lipinski definition) is 1. The lowest BCUT2D eigenvalue weighted by atomic mass is 10.1. The standard InChI is InChI=1S/C15H21N5O/c1-11-4-3-5-12(2)15(11)20-14(16-17-18-20)9-19-7-6-13(8-19)10-21/h3-5,13,21H,6-10H2,1-2H3. The number of rotatable bonds is 4. The number of nitrogens with zero attached hydrogens (tertiary/aromatic N) is 5. The van der Waals surface area contributed by atoms with E-state index in [4.69, 9.17) is 0 Å². The summed E-state index contributed by atoms with van der Waals surface area (Å²) in [6.45, 7) is 7.04. The van der Waals surface area contributed by atoms with Gasteiger partial charge in [0.1, 0.15) is 0 Å². The second kappa shape index (κ2) is 5.91. The molecule has 112 valence electrons. The molecule has 0 spiro atoms. The molecular weight excluding hydrogens is 266 g/mol. The molecule has 0 radical (unpaired) electrons. The van der Waals surface area contributed by atoms with Crippen LogP contribution in [0.5, 0.6) is 0 Å². The van der Waals surface area contributed by atoms with E-state index in [1.165, 1.54) is 11.1 Å². The number of aromatic nitrogens is 4. The first-order valence-corrected chi connectivity index (χ1v) is 7.36. The molecule has 0 aliphatic carbocycles. The van der Waals surface area contributed by atoms with Gasteiger partial charge in [0.2, 0.25) is 0 Å². The van der Waals surface area contributed by atoms with Gasteiger partial charge in [-0.2, -0.15) is 4.68 Å². The highest BCUT2D eigenvalue weighted by molar-refractivity contribution is 5.46. The van der Waals surface area contributed by atoms with Gasteiger partial charge in [0, 0.05) is 13.2 Å². The fourth-order valence-corrected chi connectivity index (χ4v) is 3.02. The van der Waals surface area contributed by atoms with Crippen molar-refractivity contribution in [3.05, 3.63) is 35.2 Å². The Labute approximate surface area is 124 Å². The van der Waals surface area contributed by atoms with E-state index in [-0.39, 0.29) is 6.61 Å². The topological polar surface area (TPSA) is 67.1 Å². The van der Waals surface area contributed by atoms with Crippen molar-refractivity contribution in [2.45, 2.75) is 26.8 Å². The van der Waals surface area contributed by atoms with Crippen molar-refractivity contribution in [1.82, 2.24) is 25.1 Å². The maximum atomic E-state index is 9.24. The fraction of sp³-hybridized carbons (Fsp3) is 0.533. The number of likely N-dealkylation sites (tertiary alicyclic amines) is 1. The Morgan fingerprint density at radius 3 is 2.71 bits per heavy atom. The first-order chi connectivity index (χ1) is 10.2. The van der Waals surface area contributed by atoms with Gasteiger partial charge in [-0.05, 0) is 54.3 Å². The van der Waals surface area contributed by atoms with Crippen LogP contribution in [0.4, 0.5) is 0 Å². The monoisotopic (exact) mass is 287 g/mol. The SMILES string of the molecule is Cc1cccc(C)c1-n1nnnc1CN1CCC(CO)C1. The summed E-state index contributed by atoms with van der Waals surface area (Å²) in [5, 5.41) is 21.4. The Hall–Kier alpha value is -1.79. The van der Waals surface area contributed by atoms with Crippen molar-refractivity contribution in [3.63, 3.8) is 0 Å². The van der Waals surface area contributed by atoms with E-state index in [0.717, 1.165) is 37.6 Å². The van der Waals surface area contributed by atoms with Crippen LogP contribution in [-0.2, 0) is 6.54 Å². The molecule has 1 N–H and O–H groups in total. The number of aliphatic hydroxyl groups is 1. The molecule has 1 aromatic heterocycles. The Kier molecular flexibility index (Phi) is 3.98. The zero-order valence-electron chi connectivity index (χ0n) is 12.5. The molecule has 1 atom stereocenters. The van der Waals surface area contributed by atoms with Gasteiger partial charge in [0.05, 0.1) is 12.2 Å². The summed E-state index contributed by atoms with van der Waals surface area (Å²) in [5.41, 5.74) is 3.40. The molecule has 0 bridgehead atoms. The zero-order chi connectivity index (χ0) is 14.8. The molecule has 1 aliphatic rings. The van der Waals surface area contributed by atoms with Crippen LogP contribution in [0.2, 0.25) is 0 Å². The molecule has 3 rings (SSSR count). The molecule has 0 saturated carbocycles. The molecule has 6 heteroatoms. The number of benzene rings is 1. The molecular formula is C15H21N5O. The van der Waals surface area contributed by atoms with Gasteiger partial charge in [0.15, 0.2) is 5.82 Å². The maximum absolute atomic E-state index is 9.24. The first kappa shape index (κ1) is 14.2. The number of aliphatic hydroxyl groups excluding tert-OH is 1. The average Bonchev–Trinajstić information content (AvgIpc) is 3.09. The van der Waals surface area contributed by atoms with Crippen LogP contribution >= 0.6 is 0 Å². The largest absolute Gasteiger partial charge is 0.396 e. The fourth-order valence-electron chi connectivity index (χ4n) is 3.02. The van der Waals surface area contributed by atoms with Gasteiger partial charge in [-0.25, -0.2) is 0 Å². The molecule has 1 fully saturated rings. The summed E-state index contributed by atoms with van der Waals surface area (Å²) >= 11 is 0. The maximum Gasteiger partial charge on any atom is 0.170 e. The molecule has 1 saturated heterocycles. The van der Waals surface area contributed by atoms with E-state index in [1.807, 2.05) is 10.7 Å². The number of hydrogen-bond acceptors (Lipinski definition) is 5. The summed E-state index contributed by atoms with van der Waals surface area (Å²) in [5.74, 6) is 1.24. The van der Waals surface area contributed by atoms with Crippen molar-refractivity contribution < 1.29 is 5.11 Å². The van der Waals surface area contributed by atoms with Gasteiger partial charge < -0.3 is 5.11 Å². The third-order valence-corrected chi connectivity index (χ3v) is 4.18. The molecule has 1 aliphatic heterocycles.